The van der Waals surface area contributed by atoms with Gasteiger partial charge in [-0.1, -0.05) is 18.2 Å². The molecule has 0 N–H and O–H groups in total. The molecule has 3 aromatic carbocycles. The zero-order valence-electron chi connectivity index (χ0n) is 15.1. The maximum absolute atomic E-state index is 13.2. The van der Waals surface area contributed by atoms with Crippen LogP contribution in [-0.2, 0) is 0 Å². The summed E-state index contributed by atoms with van der Waals surface area (Å²) in [5, 5.41) is 0.763. The van der Waals surface area contributed by atoms with Gasteiger partial charge in [0.15, 0.2) is 0 Å². The predicted octanol–water partition coefficient (Wildman–Crippen LogP) is 3.17. The van der Waals surface area contributed by atoms with Crippen LogP contribution in [0.3, 0.4) is 0 Å². The lowest BCUT2D eigenvalue weighted by atomic mass is 9.86. The minimum Gasteiger partial charge on any atom is -0.277 e. The normalized spacial score (nSPS) is 15.6. The fourth-order valence-electron chi connectivity index (χ4n) is 4.03. The van der Waals surface area contributed by atoms with E-state index in [0.29, 0.717) is 38.7 Å². The molecule has 0 atom stereocenters. The lowest BCUT2D eigenvalue weighted by Gasteiger charge is -2.31. The van der Waals surface area contributed by atoms with E-state index in [1.165, 1.54) is 7.05 Å². The number of carbonyl (C=O) groups is 4. The van der Waals surface area contributed by atoms with Gasteiger partial charge in [-0.2, -0.15) is 0 Å². The average molecular weight is 370 g/mol. The number of imide groups is 2. The van der Waals surface area contributed by atoms with Crippen molar-refractivity contribution in [2.45, 2.75) is 6.92 Å². The maximum Gasteiger partial charge on any atom is 0.265 e. The standard InChI is InChI=1S/C22H14N2O4/c1-11-5-3-4-6-16(11)24-21(27)14-9-7-12-17-13(20(26)23(2)19(12)25)8-10-15(18(14)17)22(24)28/h3-10H,1-2H3. The second-order valence-corrected chi connectivity index (χ2v) is 6.97. The topological polar surface area (TPSA) is 74.8 Å². The first-order valence-electron chi connectivity index (χ1n) is 8.78. The van der Waals surface area contributed by atoms with Crippen molar-refractivity contribution in [2.24, 2.45) is 0 Å². The van der Waals surface area contributed by atoms with Gasteiger partial charge in [0.1, 0.15) is 0 Å². The molecule has 0 radical (unpaired) electrons. The van der Waals surface area contributed by atoms with Crippen molar-refractivity contribution < 1.29 is 19.2 Å². The molecule has 2 heterocycles. The zero-order chi connectivity index (χ0) is 19.7. The number of amides is 4. The Morgan fingerprint density at radius 2 is 1.04 bits per heavy atom. The molecular weight excluding hydrogens is 356 g/mol. The lowest BCUT2D eigenvalue weighted by Crippen LogP contribution is -2.42. The fourth-order valence-corrected chi connectivity index (χ4v) is 4.03. The van der Waals surface area contributed by atoms with Crippen molar-refractivity contribution in [1.29, 1.82) is 0 Å². The van der Waals surface area contributed by atoms with Crippen LogP contribution in [0.15, 0.2) is 48.5 Å². The molecule has 0 spiro atoms. The van der Waals surface area contributed by atoms with E-state index in [9.17, 15) is 19.2 Å². The van der Waals surface area contributed by atoms with Crippen LogP contribution >= 0.6 is 0 Å². The first kappa shape index (κ1) is 16.4. The molecule has 0 unspecified atom stereocenters. The molecule has 5 rings (SSSR count). The van der Waals surface area contributed by atoms with Gasteiger partial charge in [-0.15, -0.1) is 0 Å². The van der Waals surface area contributed by atoms with E-state index in [2.05, 4.69) is 0 Å². The molecular formula is C22H14N2O4. The minimum absolute atomic E-state index is 0.309. The van der Waals surface area contributed by atoms with E-state index >= 15 is 0 Å². The van der Waals surface area contributed by atoms with E-state index in [1.807, 2.05) is 19.1 Å². The summed E-state index contributed by atoms with van der Waals surface area (Å²) in [6.07, 6.45) is 0. The van der Waals surface area contributed by atoms with Gasteiger partial charge in [0.2, 0.25) is 0 Å². The van der Waals surface area contributed by atoms with Crippen molar-refractivity contribution in [3.8, 4) is 0 Å². The van der Waals surface area contributed by atoms with Gasteiger partial charge in [0, 0.05) is 40.1 Å². The quantitative estimate of drug-likeness (QED) is 0.617. The molecule has 4 amide bonds. The van der Waals surface area contributed by atoms with Gasteiger partial charge in [-0.25, -0.2) is 4.90 Å². The molecule has 0 bridgehead atoms. The van der Waals surface area contributed by atoms with E-state index in [4.69, 9.17) is 0 Å². The van der Waals surface area contributed by atoms with Gasteiger partial charge in [0.05, 0.1) is 5.69 Å². The van der Waals surface area contributed by atoms with Gasteiger partial charge in [0.25, 0.3) is 23.6 Å². The third-order valence-corrected chi connectivity index (χ3v) is 5.45. The second-order valence-electron chi connectivity index (χ2n) is 6.97. The van der Waals surface area contributed by atoms with E-state index in [0.717, 1.165) is 15.4 Å². The predicted molar refractivity (Wildman–Crippen MR) is 103 cm³/mol. The summed E-state index contributed by atoms with van der Waals surface area (Å²) < 4.78 is 0. The van der Waals surface area contributed by atoms with Gasteiger partial charge in [-0.3, -0.25) is 24.1 Å². The molecule has 6 nitrogen and oxygen atoms in total. The van der Waals surface area contributed by atoms with Crippen molar-refractivity contribution in [1.82, 2.24) is 4.90 Å². The van der Waals surface area contributed by atoms with Crippen LogP contribution in [0.4, 0.5) is 5.69 Å². The minimum atomic E-state index is -0.464. The fraction of sp³-hybridized carbons (Fsp3) is 0.0909. The van der Waals surface area contributed by atoms with Crippen LogP contribution in [0.1, 0.15) is 47.0 Å². The molecule has 28 heavy (non-hydrogen) atoms. The van der Waals surface area contributed by atoms with Crippen molar-refractivity contribution in [3.05, 3.63) is 76.3 Å². The number of rotatable bonds is 1. The van der Waals surface area contributed by atoms with Crippen LogP contribution in [0, 0.1) is 6.92 Å². The van der Waals surface area contributed by atoms with Gasteiger partial charge >= 0.3 is 0 Å². The number of hydrogen-bond acceptors (Lipinski definition) is 4. The van der Waals surface area contributed by atoms with E-state index < -0.39 is 23.6 Å². The van der Waals surface area contributed by atoms with E-state index in [-0.39, 0.29) is 0 Å². The first-order valence-corrected chi connectivity index (χ1v) is 8.78. The summed E-state index contributed by atoms with van der Waals surface area (Å²) in [6, 6.07) is 13.4. The highest BCUT2D eigenvalue weighted by Gasteiger charge is 2.39. The largest absolute Gasteiger partial charge is 0.277 e. The molecule has 136 valence electrons. The Kier molecular flexibility index (Phi) is 3.13. The van der Waals surface area contributed by atoms with Crippen LogP contribution < -0.4 is 4.90 Å². The van der Waals surface area contributed by atoms with Crippen LogP contribution in [0.25, 0.3) is 10.8 Å². The average Bonchev–Trinajstić information content (AvgIpc) is 2.70. The molecule has 0 fully saturated rings. The number of anilines is 1. The second kappa shape index (κ2) is 5.36. The van der Waals surface area contributed by atoms with Crippen LogP contribution in [0.5, 0.6) is 0 Å². The number of hydrogen-bond donors (Lipinski definition) is 0. The molecule has 0 saturated heterocycles. The Morgan fingerprint density at radius 3 is 1.50 bits per heavy atom. The summed E-state index contributed by atoms with van der Waals surface area (Å²) in [5.41, 5.74) is 2.58. The van der Waals surface area contributed by atoms with Crippen LogP contribution in [0.2, 0.25) is 0 Å². The molecule has 3 aromatic rings. The monoisotopic (exact) mass is 370 g/mol. The van der Waals surface area contributed by atoms with Gasteiger partial charge in [-0.05, 0) is 42.8 Å². The number of aryl methyl sites for hydroxylation is 1. The number of benzene rings is 3. The number of carbonyl (C=O) groups excluding carboxylic acids is 4. The Balaban J connectivity index is 1.84. The Hall–Kier alpha value is -3.80. The number of para-hydroxylation sites is 1. The Labute approximate surface area is 160 Å². The molecule has 2 aliphatic rings. The third-order valence-electron chi connectivity index (χ3n) is 5.45. The summed E-state index contributed by atoms with van der Waals surface area (Å²) in [6.45, 7) is 1.83. The lowest BCUT2D eigenvalue weighted by molar-refractivity contribution is 0.0649. The van der Waals surface area contributed by atoms with Crippen LogP contribution in [-0.4, -0.2) is 35.6 Å². The van der Waals surface area contributed by atoms with E-state index in [1.54, 1.807) is 36.4 Å². The molecule has 6 heteroatoms. The maximum atomic E-state index is 13.2. The van der Waals surface area contributed by atoms with Crippen molar-refractivity contribution in [2.75, 3.05) is 11.9 Å². The van der Waals surface area contributed by atoms with Crippen molar-refractivity contribution >= 4 is 40.1 Å². The van der Waals surface area contributed by atoms with Crippen molar-refractivity contribution in [3.63, 3.8) is 0 Å². The Morgan fingerprint density at radius 1 is 0.607 bits per heavy atom. The highest BCUT2D eigenvalue weighted by atomic mass is 16.2. The summed E-state index contributed by atoms with van der Waals surface area (Å²) >= 11 is 0. The molecule has 2 aliphatic heterocycles. The summed E-state index contributed by atoms with van der Waals surface area (Å²) in [5.74, 6) is -1.81. The number of nitrogens with zero attached hydrogens (tertiary/aromatic N) is 2. The first-order chi connectivity index (χ1) is 13.4. The van der Waals surface area contributed by atoms with Gasteiger partial charge < -0.3 is 0 Å². The third kappa shape index (κ3) is 1.86. The molecule has 0 aromatic heterocycles. The SMILES string of the molecule is Cc1ccccc1N1C(=O)c2ccc3c4c(ccc(c24)C1=O)C(=O)N(C)C3=O. The highest BCUT2D eigenvalue weighted by Crippen LogP contribution is 2.39. The molecule has 0 saturated carbocycles. The Bertz CT molecular complexity index is 1200. The summed E-state index contributed by atoms with van der Waals surface area (Å²) in [7, 11) is 1.42. The highest BCUT2D eigenvalue weighted by molar-refractivity contribution is 6.39. The zero-order valence-corrected chi connectivity index (χ0v) is 15.1. The summed E-state index contributed by atoms with van der Waals surface area (Å²) in [4.78, 5) is 53.8. The molecule has 0 aliphatic carbocycles. The smallest absolute Gasteiger partial charge is 0.265 e.